The molecule has 2 aromatic carbocycles. The summed E-state index contributed by atoms with van der Waals surface area (Å²) in [5.41, 5.74) is 5.41. The third-order valence-corrected chi connectivity index (χ3v) is 7.43. The zero-order valence-electron chi connectivity index (χ0n) is 14.3. The molecule has 0 radical (unpaired) electrons. The van der Waals surface area contributed by atoms with Crippen LogP contribution in [0.2, 0.25) is 5.02 Å². The van der Waals surface area contributed by atoms with Gasteiger partial charge in [-0.15, -0.1) is 0 Å². The summed E-state index contributed by atoms with van der Waals surface area (Å²) in [5.74, 6) is -1.12. The molecule has 0 aliphatic heterocycles. The van der Waals surface area contributed by atoms with E-state index in [-0.39, 0.29) is 18.0 Å². The number of hydrogen-bond donors (Lipinski definition) is 1. The first kappa shape index (κ1) is 18.9. The van der Waals surface area contributed by atoms with Gasteiger partial charge in [-0.1, -0.05) is 41.9 Å². The lowest BCUT2D eigenvalue weighted by Crippen LogP contribution is -2.33. The van der Waals surface area contributed by atoms with Crippen LogP contribution in [0.5, 0.6) is 0 Å². The molecule has 5 nitrogen and oxygen atoms in total. The molecule has 2 N–H and O–H groups in total. The summed E-state index contributed by atoms with van der Waals surface area (Å²) in [6.45, 7) is 1.74. The SMILES string of the molecule is CCOC(=O)C1(CN)C(c2ccccc2)C1S(=O)(=O)c1ccc(Cl)cc1. The number of benzene rings is 2. The fraction of sp³-hybridized carbons (Fsp3) is 0.316. The van der Waals surface area contributed by atoms with E-state index in [0.717, 1.165) is 5.56 Å². The van der Waals surface area contributed by atoms with E-state index < -0.39 is 32.4 Å². The van der Waals surface area contributed by atoms with Crippen LogP contribution >= 0.6 is 11.6 Å². The van der Waals surface area contributed by atoms with Crippen molar-refractivity contribution in [1.29, 1.82) is 0 Å². The minimum atomic E-state index is -3.80. The van der Waals surface area contributed by atoms with Crippen LogP contribution in [0, 0.1) is 5.41 Å². The predicted octanol–water partition coefficient (Wildman–Crippen LogP) is 2.79. The third-order valence-electron chi connectivity index (χ3n) is 4.88. The Labute approximate surface area is 158 Å². The Bertz CT molecular complexity index is 899. The number of halogens is 1. The maximum absolute atomic E-state index is 13.3. The highest BCUT2D eigenvalue weighted by Gasteiger charge is 2.75. The van der Waals surface area contributed by atoms with Crippen molar-refractivity contribution in [3.63, 3.8) is 0 Å². The number of nitrogens with two attached hydrogens (primary N) is 1. The van der Waals surface area contributed by atoms with Crippen LogP contribution in [0.3, 0.4) is 0 Å². The van der Waals surface area contributed by atoms with Gasteiger partial charge in [-0.25, -0.2) is 8.42 Å². The summed E-state index contributed by atoms with van der Waals surface area (Å²) in [5, 5.41) is -0.530. The second kappa shape index (κ2) is 7.02. The van der Waals surface area contributed by atoms with Crippen LogP contribution in [0.25, 0.3) is 0 Å². The molecule has 0 spiro atoms. The van der Waals surface area contributed by atoms with Crippen LogP contribution < -0.4 is 5.73 Å². The van der Waals surface area contributed by atoms with Crippen LogP contribution in [0.1, 0.15) is 18.4 Å². The largest absolute Gasteiger partial charge is 0.465 e. The fourth-order valence-electron chi connectivity index (χ4n) is 3.60. The Morgan fingerprint density at radius 1 is 1.15 bits per heavy atom. The number of hydrogen-bond acceptors (Lipinski definition) is 5. The van der Waals surface area contributed by atoms with Gasteiger partial charge in [0.2, 0.25) is 0 Å². The van der Waals surface area contributed by atoms with Crippen molar-refractivity contribution in [3.8, 4) is 0 Å². The van der Waals surface area contributed by atoms with Crippen molar-refractivity contribution < 1.29 is 17.9 Å². The molecule has 1 fully saturated rings. The second-order valence-electron chi connectivity index (χ2n) is 6.27. The molecule has 7 heteroatoms. The molecule has 0 bridgehead atoms. The molecule has 0 saturated heterocycles. The summed E-state index contributed by atoms with van der Waals surface area (Å²) in [7, 11) is -3.80. The van der Waals surface area contributed by atoms with E-state index in [1.165, 1.54) is 24.3 Å². The molecule has 1 saturated carbocycles. The maximum Gasteiger partial charge on any atom is 0.315 e. The molecule has 1 aliphatic carbocycles. The van der Waals surface area contributed by atoms with Gasteiger partial charge in [0.25, 0.3) is 0 Å². The monoisotopic (exact) mass is 393 g/mol. The zero-order valence-corrected chi connectivity index (χ0v) is 15.8. The van der Waals surface area contributed by atoms with Crippen LogP contribution in [0.15, 0.2) is 59.5 Å². The molecule has 0 heterocycles. The number of esters is 1. The highest BCUT2D eigenvalue weighted by Crippen LogP contribution is 2.64. The summed E-state index contributed by atoms with van der Waals surface area (Å²) in [4.78, 5) is 12.8. The fourth-order valence-corrected chi connectivity index (χ4v) is 6.11. The highest BCUT2D eigenvalue weighted by molar-refractivity contribution is 7.92. The molecular formula is C19H20ClNO4S. The van der Waals surface area contributed by atoms with Gasteiger partial charge < -0.3 is 10.5 Å². The summed E-state index contributed by atoms with van der Waals surface area (Å²) in [6.07, 6.45) is 0. The first-order valence-electron chi connectivity index (χ1n) is 8.31. The van der Waals surface area contributed by atoms with Crippen molar-refractivity contribution in [2.45, 2.75) is 23.0 Å². The Kier molecular flexibility index (Phi) is 5.10. The van der Waals surface area contributed by atoms with E-state index in [4.69, 9.17) is 22.1 Å². The lowest BCUT2D eigenvalue weighted by atomic mass is 9.99. The van der Waals surface area contributed by atoms with E-state index in [1.54, 1.807) is 6.92 Å². The molecule has 0 aromatic heterocycles. The lowest BCUT2D eigenvalue weighted by Gasteiger charge is -2.14. The topological polar surface area (TPSA) is 86.5 Å². The number of ether oxygens (including phenoxy) is 1. The van der Waals surface area contributed by atoms with Gasteiger partial charge in [0, 0.05) is 17.5 Å². The van der Waals surface area contributed by atoms with Crippen molar-refractivity contribution in [2.24, 2.45) is 11.1 Å². The van der Waals surface area contributed by atoms with E-state index in [2.05, 4.69) is 0 Å². The normalized spacial score (nSPS) is 24.9. The standard InChI is InChI=1S/C19H20ClNO4S/c1-2-25-18(22)19(12-21)16(13-6-4-3-5-7-13)17(19)26(23,24)15-10-8-14(20)9-11-15/h3-11,16-17H,2,12,21H2,1H3. The van der Waals surface area contributed by atoms with Gasteiger partial charge in [-0.2, -0.15) is 0 Å². The first-order chi connectivity index (χ1) is 12.4. The average molecular weight is 394 g/mol. The second-order valence-corrected chi connectivity index (χ2v) is 8.78. The van der Waals surface area contributed by atoms with Crippen molar-refractivity contribution in [1.82, 2.24) is 0 Å². The van der Waals surface area contributed by atoms with Gasteiger partial charge in [-0.3, -0.25) is 4.79 Å². The molecule has 138 valence electrons. The number of carbonyl (C=O) groups excluding carboxylic acids is 1. The van der Waals surface area contributed by atoms with E-state index in [0.29, 0.717) is 5.02 Å². The van der Waals surface area contributed by atoms with Crippen molar-refractivity contribution >= 4 is 27.4 Å². The zero-order chi connectivity index (χ0) is 18.9. The van der Waals surface area contributed by atoms with Crippen LogP contribution in [-0.2, 0) is 19.4 Å². The predicted molar refractivity (Wildman–Crippen MR) is 99.7 cm³/mol. The lowest BCUT2D eigenvalue weighted by molar-refractivity contribution is -0.149. The third kappa shape index (κ3) is 2.92. The van der Waals surface area contributed by atoms with Gasteiger partial charge in [0.15, 0.2) is 9.84 Å². The van der Waals surface area contributed by atoms with E-state index in [1.807, 2.05) is 30.3 Å². The summed E-state index contributed by atoms with van der Waals surface area (Å²) in [6, 6.07) is 15.0. The number of carbonyl (C=O) groups is 1. The average Bonchev–Trinajstić information content (AvgIpc) is 3.35. The molecule has 26 heavy (non-hydrogen) atoms. The highest BCUT2D eigenvalue weighted by atomic mass is 35.5. The van der Waals surface area contributed by atoms with Crippen LogP contribution in [-0.4, -0.2) is 32.8 Å². The number of sulfone groups is 1. The Morgan fingerprint density at radius 3 is 2.31 bits per heavy atom. The number of rotatable bonds is 6. The molecular weight excluding hydrogens is 374 g/mol. The summed E-state index contributed by atoms with van der Waals surface area (Å²) < 4.78 is 31.7. The minimum absolute atomic E-state index is 0.108. The quantitative estimate of drug-likeness (QED) is 0.762. The molecule has 0 amide bonds. The van der Waals surface area contributed by atoms with Crippen molar-refractivity contribution in [3.05, 3.63) is 65.2 Å². The smallest absolute Gasteiger partial charge is 0.315 e. The molecule has 1 aliphatic rings. The molecule has 2 aromatic rings. The minimum Gasteiger partial charge on any atom is -0.465 e. The molecule has 3 rings (SSSR count). The van der Waals surface area contributed by atoms with Crippen molar-refractivity contribution in [2.75, 3.05) is 13.2 Å². The molecule has 3 atom stereocenters. The van der Waals surface area contributed by atoms with E-state index in [9.17, 15) is 13.2 Å². The Hall–Kier alpha value is -1.89. The first-order valence-corrected chi connectivity index (χ1v) is 10.2. The van der Waals surface area contributed by atoms with Gasteiger partial charge >= 0.3 is 5.97 Å². The Morgan fingerprint density at radius 2 is 1.77 bits per heavy atom. The van der Waals surface area contributed by atoms with Gasteiger partial charge in [-0.05, 0) is 36.8 Å². The Balaban J connectivity index is 2.10. The van der Waals surface area contributed by atoms with E-state index >= 15 is 0 Å². The van der Waals surface area contributed by atoms with Gasteiger partial charge in [0.05, 0.1) is 16.8 Å². The maximum atomic E-state index is 13.3. The molecule has 3 unspecified atom stereocenters. The summed E-state index contributed by atoms with van der Waals surface area (Å²) >= 11 is 5.87. The van der Waals surface area contributed by atoms with Gasteiger partial charge in [0.1, 0.15) is 5.41 Å². The van der Waals surface area contributed by atoms with Crippen LogP contribution in [0.4, 0.5) is 0 Å².